The maximum Gasteiger partial charge on any atom is 0.137 e. The number of para-hydroxylation sites is 1. The van der Waals surface area contributed by atoms with Crippen molar-refractivity contribution in [1.82, 2.24) is 0 Å². The maximum absolute atomic E-state index is 9.15. The molecule has 4 nitrogen and oxygen atoms in total. The first kappa shape index (κ1) is 10.5. The van der Waals surface area contributed by atoms with Crippen LogP contribution < -0.4 is 10.5 Å². The highest BCUT2D eigenvalue weighted by atomic mass is 16.5. The summed E-state index contributed by atoms with van der Waals surface area (Å²) in [6.07, 6.45) is -0.693. The molecule has 0 saturated carbocycles. The summed E-state index contributed by atoms with van der Waals surface area (Å²) in [5.74, 6) is 0.475. The standard InChI is InChI=1S/C10H12N2O2/c11-5-8-3-1-2-4-10(8)14-7-9(13)6-12/h1-4,9,13H,6-7,12H2/t9-/m0/s1. The Labute approximate surface area is 82.5 Å². The van der Waals surface area contributed by atoms with Gasteiger partial charge in [0.05, 0.1) is 5.56 Å². The number of benzene rings is 1. The molecule has 1 aromatic rings. The second-order valence-corrected chi connectivity index (χ2v) is 2.81. The Hall–Kier alpha value is -1.57. The topological polar surface area (TPSA) is 79.3 Å². The monoisotopic (exact) mass is 192 g/mol. The van der Waals surface area contributed by atoms with Crippen molar-refractivity contribution < 1.29 is 9.84 Å². The Morgan fingerprint density at radius 2 is 2.21 bits per heavy atom. The molecule has 0 spiro atoms. The molecule has 0 unspecified atom stereocenters. The third-order valence-corrected chi connectivity index (χ3v) is 1.71. The van der Waals surface area contributed by atoms with Gasteiger partial charge in [0.15, 0.2) is 0 Å². The number of ether oxygens (including phenoxy) is 1. The summed E-state index contributed by atoms with van der Waals surface area (Å²) < 4.78 is 5.23. The molecule has 0 heterocycles. The molecule has 3 N–H and O–H groups in total. The molecule has 0 bridgehead atoms. The van der Waals surface area contributed by atoms with Crippen LogP contribution in [0.15, 0.2) is 24.3 Å². The van der Waals surface area contributed by atoms with Crippen LogP contribution in [-0.2, 0) is 0 Å². The molecule has 0 aromatic heterocycles. The van der Waals surface area contributed by atoms with Crippen LogP contribution in [0.3, 0.4) is 0 Å². The maximum atomic E-state index is 9.15. The van der Waals surface area contributed by atoms with Crippen LogP contribution in [0.4, 0.5) is 0 Å². The average molecular weight is 192 g/mol. The van der Waals surface area contributed by atoms with Gasteiger partial charge in [0.2, 0.25) is 0 Å². The van der Waals surface area contributed by atoms with E-state index in [1.54, 1.807) is 24.3 Å². The highest BCUT2D eigenvalue weighted by molar-refractivity contribution is 5.42. The quantitative estimate of drug-likeness (QED) is 0.717. The van der Waals surface area contributed by atoms with Crippen LogP contribution in [0, 0.1) is 11.3 Å². The van der Waals surface area contributed by atoms with Gasteiger partial charge in [0.1, 0.15) is 24.5 Å². The van der Waals surface area contributed by atoms with Gasteiger partial charge in [-0.05, 0) is 12.1 Å². The fraction of sp³-hybridized carbons (Fsp3) is 0.300. The summed E-state index contributed by atoms with van der Waals surface area (Å²) in [6.45, 7) is 0.254. The van der Waals surface area contributed by atoms with Gasteiger partial charge in [-0.15, -0.1) is 0 Å². The molecule has 0 aliphatic carbocycles. The van der Waals surface area contributed by atoms with Gasteiger partial charge in [-0.25, -0.2) is 0 Å². The second kappa shape index (κ2) is 5.22. The minimum Gasteiger partial charge on any atom is -0.489 e. The Morgan fingerprint density at radius 1 is 1.50 bits per heavy atom. The van der Waals surface area contributed by atoms with E-state index in [1.165, 1.54) is 0 Å². The second-order valence-electron chi connectivity index (χ2n) is 2.81. The van der Waals surface area contributed by atoms with Crippen molar-refractivity contribution in [2.75, 3.05) is 13.2 Å². The lowest BCUT2D eigenvalue weighted by atomic mass is 10.2. The molecular weight excluding hydrogens is 180 g/mol. The lowest BCUT2D eigenvalue weighted by Crippen LogP contribution is -2.26. The van der Waals surface area contributed by atoms with E-state index in [1.807, 2.05) is 6.07 Å². The third kappa shape index (κ3) is 2.73. The van der Waals surface area contributed by atoms with E-state index in [-0.39, 0.29) is 13.2 Å². The molecule has 0 amide bonds. The molecule has 0 radical (unpaired) electrons. The Kier molecular flexibility index (Phi) is 3.92. The Balaban J connectivity index is 2.63. The van der Waals surface area contributed by atoms with Crippen molar-refractivity contribution in [2.24, 2.45) is 5.73 Å². The van der Waals surface area contributed by atoms with Crippen molar-refractivity contribution in [1.29, 1.82) is 5.26 Å². The molecule has 1 rings (SSSR count). The van der Waals surface area contributed by atoms with Gasteiger partial charge < -0.3 is 15.6 Å². The minimum atomic E-state index is -0.693. The predicted molar refractivity (Wildman–Crippen MR) is 51.7 cm³/mol. The molecular formula is C10H12N2O2. The number of nitrogens with two attached hydrogens (primary N) is 1. The zero-order valence-corrected chi connectivity index (χ0v) is 7.68. The molecule has 1 aromatic carbocycles. The number of hydrogen-bond acceptors (Lipinski definition) is 4. The van der Waals surface area contributed by atoms with Crippen molar-refractivity contribution in [3.63, 3.8) is 0 Å². The van der Waals surface area contributed by atoms with E-state index in [4.69, 9.17) is 20.8 Å². The smallest absolute Gasteiger partial charge is 0.137 e. The number of aliphatic hydroxyl groups excluding tert-OH is 1. The van der Waals surface area contributed by atoms with Crippen LogP contribution in [0.1, 0.15) is 5.56 Å². The van der Waals surface area contributed by atoms with Gasteiger partial charge >= 0.3 is 0 Å². The SMILES string of the molecule is N#Cc1ccccc1OC[C@@H](O)CN. The summed E-state index contributed by atoms with van der Waals surface area (Å²) in [5, 5.41) is 17.9. The number of nitrogens with zero attached hydrogens (tertiary/aromatic N) is 1. The zero-order valence-electron chi connectivity index (χ0n) is 7.68. The van der Waals surface area contributed by atoms with E-state index in [2.05, 4.69) is 0 Å². The first-order chi connectivity index (χ1) is 6.77. The number of rotatable bonds is 4. The first-order valence-corrected chi connectivity index (χ1v) is 4.28. The van der Waals surface area contributed by atoms with E-state index >= 15 is 0 Å². The Bertz CT molecular complexity index is 333. The van der Waals surface area contributed by atoms with E-state index in [0.29, 0.717) is 11.3 Å². The molecule has 4 heteroatoms. The summed E-state index contributed by atoms with van der Waals surface area (Å²) in [6, 6.07) is 8.86. The highest BCUT2D eigenvalue weighted by Crippen LogP contribution is 2.16. The number of hydrogen-bond donors (Lipinski definition) is 2. The molecule has 0 aliphatic heterocycles. The third-order valence-electron chi connectivity index (χ3n) is 1.71. The van der Waals surface area contributed by atoms with Crippen LogP contribution in [0.2, 0.25) is 0 Å². The van der Waals surface area contributed by atoms with E-state index in [9.17, 15) is 0 Å². The van der Waals surface area contributed by atoms with E-state index in [0.717, 1.165) is 0 Å². The van der Waals surface area contributed by atoms with Crippen molar-refractivity contribution in [3.8, 4) is 11.8 Å². The highest BCUT2D eigenvalue weighted by Gasteiger charge is 2.05. The summed E-state index contributed by atoms with van der Waals surface area (Å²) in [7, 11) is 0. The molecule has 0 aliphatic rings. The normalized spacial score (nSPS) is 11.8. The molecule has 74 valence electrons. The minimum absolute atomic E-state index is 0.106. The lowest BCUT2D eigenvalue weighted by molar-refractivity contribution is 0.114. The van der Waals surface area contributed by atoms with Gasteiger partial charge in [0.25, 0.3) is 0 Å². The number of nitriles is 1. The van der Waals surface area contributed by atoms with Crippen molar-refractivity contribution >= 4 is 0 Å². The summed E-state index contributed by atoms with van der Waals surface area (Å²) >= 11 is 0. The molecule has 0 fully saturated rings. The summed E-state index contributed by atoms with van der Waals surface area (Å²) in [4.78, 5) is 0. The molecule has 14 heavy (non-hydrogen) atoms. The summed E-state index contributed by atoms with van der Waals surface area (Å²) in [5.41, 5.74) is 5.67. The van der Waals surface area contributed by atoms with Crippen LogP contribution >= 0.6 is 0 Å². The van der Waals surface area contributed by atoms with Crippen LogP contribution in [0.5, 0.6) is 5.75 Å². The van der Waals surface area contributed by atoms with Gasteiger partial charge in [0, 0.05) is 6.54 Å². The van der Waals surface area contributed by atoms with Crippen molar-refractivity contribution in [2.45, 2.75) is 6.10 Å². The van der Waals surface area contributed by atoms with Gasteiger partial charge in [-0.1, -0.05) is 12.1 Å². The number of aliphatic hydroxyl groups is 1. The fourth-order valence-electron chi connectivity index (χ4n) is 0.939. The first-order valence-electron chi connectivity index (χ1n) is 4.28. The molecule has 1 atom stereocenters. The predicted octanol–water partition coefficient (Wildman–Crippen LogP) is 0.257. The molecule has 0 saturated heterocycles. The Morgan fingerprint density at radius 3 is 2.86 bits per heavy atom. The largest absolute Gasteiger partial charge is 0.489 e. The van der Waals surface area contributed by atoms with Gasteiger partial charge in [-0.2, -0.15) is 5.26 Å². The van der Waals surface area contributed by atoms with Crippen molar-refractivity contribution in [3.05, 3.63) is 29.8 Å². The average Bonchev–Trinajstić information content (AvgIpc) is 2.26. The van der Waals surface area contributed by atoms with Gasteiger partial charge in [-0.3, -0.25) is 0 Å². The zero-order chi connectivity index (χ0) is 10.4. The lowest BCUT2D eigenvalue weighted by Gasteiger charge is -2.10. The van der Waals surface area contributed by atoms with E-state index < -0.39 is 6.10 Å². The fourth-order valence-corrected chi connectivity index (χ4v) is 0.939. The van der Waals surface area contributed by atoms with Crippen LogP contribution in [0.25, 0.3) is 0 Å². The van der Waals surface area contributed by atoms with Crippen LogP contribution in [-0.4, -0.2) is 24.4 Å².